The smallest absolute Gasteiger partial charge is 0.323 e. The second-order valence-corrected chi connectivity index (χ2v) is 6.06. The van der Waals surface area contributed by atoms with Crippen LogP contribution >= 0.6 is 0 Å². The van der Waals surface area contributed by atoms with Crippen LogP contribution in [0, 0.1) is 0 Å². The van der Waals surface area contributed by atoms with Crippen LogP contribution in [0.15, 0.2) is 48.5 Å². The molecule has 0 aromatic heterocycles. The summed E-state index contributed by atoms with van der Waals surface area (Å²) in [6.45, 7) is 0. The Bertz CT molecular complexity index is 783. The summed E-state index contributed by atoms with van der Waals surface area (Å²) in [7, 11) is -1.18. The lowest BCUT2D eigenvalue weighted by Crippen LogP contribution is -2.32. The van der Waals surface area contributed by atoms with Crippen LogP contribution in [0.25, 0.3) is 11.0 Å². The molecule has 0 bridgehead atoms. The number of hydrogen-bond acceptors (Lipinski definition) is 2. The molecule has 1 heterocycles. The topological polar surface area (TPSA) is 63.4 Å². The SMILES string of the molecule is CS(=O)C1=Cc2ccccc2N(C(N)=O)c2ccccc21. The zero-order valence-corrected chi connectivity index (χ0v) is 12.3. The predicted molar refractivity (Wildman–Crippen MR) is 86.5 cm³/mol. The number of carbonyl (C=O) groups is 1. The molecule has 2 N–H and O–H groups in total. The Labute approximate surface area is 125 Å². The van der Waals surface area contributed by atoms with Gasteiger partial charge in [0, 0.05) is 16.7 Å². The van der Waals surface area contributed by atoms with E-state index in [9.17, 15) is 9.00 Å². The van der Waals surface area contributed by atoms with Crippen molar-refractivity contribution < 1.29 is 9.00 Å². The van der Waals surface area contributed by atoms with Gasteiger partial charge in [-0.1, -0.05) is 36.4 Å². The first-order valence-corrected chi connectivity index (χ1v) is 7.98. The van der Waals surface area contributed by atoms with Gasteiger partial charge in [-0.3, -0.25) is 9.11 Å². The fourth-order valence-corrected chi connectivity index (χ4v) is 3.29. The molecule has 4 nitrogen and oxygen atoms in total. The molecular weight excluding hydrogens is 284 g/mol. The molecule has 1 unspecified atom stereocenters. The van der Waals surface area contributed by atoms with E-state index < -0.39 is 16.8 Å². The van der Waals surface area contributed by atoms with Gasteiger partial charge in [-0.25, -0.2) is 4.79 Å². The standard InChI is InChI=1S/C16H14N2O2S/c1-21(20)15-10-11-6-2-4-8-13(11)18(16(17)19)14-9-5-3-7-12(14)15/h2-10H,1H3,(H2,17,19). The quantitative estimate of drug-likeness (QED) is 0.879. The number of fused-ring (bicyclic) bond motifs is 2. The number of amides is 2. The molecule has 0 saturated carbocycles. The number of benzene rings is 2. The van der Waals surface area contributed by atoms with Crippen molar-refractivity contribution in [2.75, 3.05) is 11.2 Å². The fourth-order valence-electron chi connectivity index (χ4n) is 2.51. The third-order valence-electron chi connectivity index (χ3n) is 3.40. The minimum Gasteiger partial charge on any atom is -0.351 e. The van der Waals surface area contributed by atoms with Crippen molar-refractivity contribution >= 4 is 39.2 Å². The Morgan fingerprint density at radius 2 is 1.67 bits per heavy atom. The lowest BCUT2D eigenvalue weighted by Gasteiger charge is -2.22. The number of anilines is 2. The molecule has 0 fully saturated rings. The van der Waals surface area contributed by atoms with Gasteiger partial charge >= 0.3 is 6.03 Å². The Morgan fingerprint density at radius 3 is 2.33 bits per heavy atom. The molecule has 2 amide bonds. The van der Waals surface area contributed by atoms with Gasteiger partial charge in [-0.15, -0.1) is 0 Å². The zero-order chi connectivity index (χ0) is 15.0. The van der Waals surface area contributed by atoms with Gasteiger partial charge in [0.05, 0.1) is 22.2 Å². The first kappa shape index (κ1) is 13.6. The normalized spacial score (nSPS) is 14.5. The number of urea groups is 1. The average molecular weight is 298 g/mol. The summed E-state index contributed by atoms with van der Waals surface area (Å²) >= 11 is 0. The third-order valence-corrected chi connectivity index (χ3v) is 4.36. The molecule has 0 aliphatic carbocycles. The van der Waals surface area contributed by atoms with Crippen LogP contribution in [-0.4, -0.2) is 16.5 Å². The highest BCUT2D eigenvalue weighted by molar-refractivity contribution is 7.94. The summed E-state index contributed by atoms with van der Waals surface area (Å²) in [5.41, 5.74) is 8.49. The van der Waals surface area contributed by atoms with Crippen molar-refractivity contribution in [1.82, 2.24) is 0 Å². The largest absolute Gasteiger partial charge is 0.351 e. The molecular formula is C16H14N2O2S. The summed E-state index contributed by atoms with van der Waals surface area (Å²) in [4.78, 5) is 14.1. The maximum Gasteiger partial charge on any atom is 0.323 e. The number of carbonyl (C=O) groups excluding carboxylic acids is 1. The second-order valence-electron chi connectivity index (χ2n) is 4.71. The Hall–Kier alpha value is -2.40. The zero-order valence-electron chi connectivity index (χ0n) is 11.4. The number of hydrogen-bond donors (Lipinski definition) is 1. The van der Waals surface area contributed by atoms with Crippen LogP contribution in [-0.2, 0) is 10.8 Å². The molecule has 2 aromatic rings. The van der Waals surface area contributed by atoms with Gasteiger partial charge in [-0.2, -0.15) is 0 Å². The highest BCUT2D eigenvalue weighted by atomic mass is 32.2. The lowest BCUT2D eigenvalue weighted by molar-refractivity contribution is 0.256. The fraction of sp³-hybridized carbons (Fsp3) is 0.0625. The van der Waals surface area contributed by atoms with Gasteiger partial charge in [0.2, 0.25) is 0 Å². The number of para-hydroxylation sites is 2. The first-order chi connectivity index (χ1) is 10.1. The minimum absolute atomic E-state index is 0.563. The van der Waals surface area contributed by atoms with E-state index in [1.807, 2.05) is 54.6 Å². The minimum atomic E-state index is -1.18. The lowest BCUT2D eigenvalue weighted by atomic mass is 10.1. The number of primary amides is 1. The molecule has 5 heteroatoms. The first-order valence-electron chi connectivity index (χ1n) is 6.42. The van der Waals surface area contributed by atoms with Crippen molar-refractivity contribution in [1.29, 1.82) is 0 Å². The van der Waals surface area contributed by atoms with Gasteiger partial charge < -0.3 is 5.73 Å². The summed E-state index contributed by atoms with van der Waals surface area (Å²) in [6, 6.07) is 14.2. The molecule has 0 saturated heterocycles. The van der Waals surface area contributed by atoms with Crippen LogP contribution < -0.4 is 10.6 Å². The van der Waals surface area contributed by atoms with Crippen molar-refractivity contribution in [3.8, 4) is 0 Å². The monoisotopic (exact) mass is 298 g/mol. The molecule has 0 spiro atoms. The Kier molecular flexibility index (Phi) is 3.35. The van der Waals surface area contributed by atoms with Crippen LogP contribution in [0.2, 0.25) is 0 Å². The number of nitrogens with two attached hydrogens (primary N) is 1. The summed E-state index contributed by atoms with van der Waals surface area (Å²) < 4.78 is 12.1. The number of rotatable bonds is 1. The molecule has 2 aromatic carbocycles. The van der Waals surface area contributed by atoms with Gasteiger partial charge in [0.1, 0.15) is 0 Å². The predicted octanol–water partition coefficient (Wildman–Crippen LogP) is 3.09. The molecule has 106 valence electrons. The highest BCUT2D eigenvalue weighted by Crippen LogP contribution is 2.40. The van der Waals surface area contributed by atoms with E-state index in [1.165, 1.54) is 4.90 Å². The molecule has 1 atom stereocenters. The average Bonchev–Trinajstić information content (AvgIpc) is 2.61. The Morgan fingerprint density at radius 1 is 1.05 bits per heavy atom. The summed E-state index contributed by atoms with van der Waals surface area (Å²) in [5.74, 6) is 0. The maximum atomic E-state index is 12.1. The van der Waals surface area contributed by atoms with E-state index in [1.54, 1.807) is 6.26 Å². The molecule has 1 aliphatic rings. The molecule has 21 heavy (non-hydrogen) atoms. The van der Waals surface area contributed by atoms with Gasteiger partial charge in [0.15, 0.2) is 0 Å². The molecule has 3 rings (SSSR count). The van der Waals surface area contributed by atoms with Crippen molar-refractivity contribution in [2.45, 2.75) is 0 Å². The molecule has 0 radical (unpaired) electrons. The van der Waals surface area contributed by atoms with E-state index in [0.717, 1.165) is 11.1 Å². The van der Waals surface area contributed by atoms with E-state index in [4.69, 9.17) is 5.73 Å². The molecule has 1 aliphatic heterocycles. The van der Waals surface area contributed by atoms with Crippen LogP contribution in [0.3, 0.4) is 0 Å². The summed E-state index contributed by atoms with van der Waals surface area (Å²) in [5, 5.41) is 0. The van der Waals surface area contributed by atoms with E-state index in [2.05, 4.69) is 0 Å². The van der Waals surface area contributed by atoms with E-state index in [-0.39, 0.29) is 0 Å². The van der Waals surface area contributed by atoms with Crippen LogP contribution in [0.4, 0.5) is 16.2 Å². The maximum absolute atomic E-state index is 12.1. The summed E-state index contributed by atoms with van der Waals surface area (Å²) in [6.07, 6.45) is 3.48. The third kappa shape index (κ3) is 2.25. The van der Waals surface area contributed by atoms with Crippen molar-refractivity contribution in [2.24, 2.45) is 5.73 Å². The van der Waals surface area contributed by atoms with Crippen molar-refractivity contribution in [3.05, 3.63) is 59.7 Å². The van der Waals surface area contributed by atoms with Crippen LogP contribution in [0.5, 0.6) is 0 Å². The second kappa shape index (κ2) is 5.18. The van der Waals surface area contributed by atoms with E-state index >= 15 is 0 Å². The van der Waals surface area contributed by atoms with Crippen LogP contribution in [0.1, 0.15) is 11.1 Å². The Balaban J connectivity index is 2.39. The highest BCUT2D eigenvalue weighted by Gasteiger charge is 2.25. The van der Waals surface area contributed by atoms with Gasteiger partial charge in [-0.05, 0) is 23.8 Å². The number of nitrogens with zero attached hydrogens (tertiary/aromatic N) is 1. The van der Waals surface area contributed by atoms with Gasteiger partial charge in [0.25, 0.3) is 0 Å². The van der Waals surface area contributed by atoms with E-state index in [0.29, 0.717) is 16.3 Å². The van der Waals surface area contributed by atoms with Crippen molar-refractivity contribution in [3.63, 3.8) is 0 Å².